The molecule has 2 aromatic rings. The van der Waals surface area contributed by atoms with Crippen molar-refractivity contribution in [2.75, 3.05) is 13.6 Å². The van der Waals surface area contributed by atoms with E-state index in [4.69, 9.17) is 0 Å². The largest absolute Gasteiger partial charge is 0.359 e. The van der Waals surface area contributed by atoms with Crippen LogP contribution in [0.15, 0.2) is 43.0 Å². The van der Waals surface area contributed by atoms with Gasteiger partial charge in [0.1, 0.15) is 0 Å². The van der Waals surface area contributed by atoms with E-state index < -0.39 is 5.41 Å². The summed E-state index contributed by atoms with van der Waals surface area (Å²) in [6.45, 7) is 5.24. The lowest BCUT2D eigenvalue weighted by Gasteiger charge is -2.23. The number of amides is 1. The number of hydrogen-bond acceptors (Lipinski definition) is 3. The smallest absolute Gasteiger partial charge is 0.226 e. The molecule has 0 spiro atoms. The van der Waals surface area contributed by atoms with Crippen molar-refractivity contribution in [3.63, 3.8) is 0 Å². The Morgan fingerprint density at radius 2 is 2.00 bits per heavy atom. The van der Waals surface area contributed by atoms with Gasteiger partial charge in [-0.3, -0.25) is 4.79 Å². The Kier molecular flexibility index (Phi) is 4.75. The molecule has 5 nitrogen and oxygen atoms in total. The van der Waals surface area contributed by atoms with Crippen molar-refractivity contribution in [2.24, 2.45) is 5.41 Å². The number of rotatable bonds is 6. The molecule has 0 aliphatic carbocycles. The third-order valence-electron chi connectivity index (χ3n) is 3.48. The molecule has 2 rings (SSSR count). The van der Waals surface area contributed by atoms with E-state index in [-0.39, 0.29) is 5.91 Å². The minimum absolute atomic E-state index is 0.0467. The third-order valence-corrected chi connectivity index (χ3v) is 3.48. The number of nitrogens with zero attached hydrogens (tertiary/aromatic N) is 2. The van der Waals surface area contributed by atoms with Crippen LogP contribution in [-0.4, -0.2) is 29.1 Å². The summed E-state index contributed by atoms with van der Waals surface area (Å²) in [5.41, 5.74) is 1.86. The molecule has 0 saturated carbocycles. The maximum atomic E-state index is 11.7. The van der Waals surface area contributed by atoms with E-state index >= 15 is 0 Å². The quantitative estimate of drug-likeness (QED) is 0.850. The molecule has 5 heteroatoms. The van der Waals surface area contributed by atoms with E-state index in [9.17, 15) is 4.79 Å². The summed E-state index contributed by atoms with van der Waals surface area (Å²) in [6.07, 6.45) is 5.45. The SMILES string of the molecule is CNC(=O)C(C)(C)CNCc1ccc(-n2ccnc2)cc1. The zero-order valence-electron chi connectivity index (χ0n) is 12.8. The molecule has 0 bridgehead atoms. The molecule has 1 aromatic carbocycles. The molecule has 0 radical (unpaired) electrons. The molecule has 0 aliphatic heterocycles. The summed E-state index contributed by atoms with van der Waals surface area (Å²) in [5.74, 6) is 0.0467. The second-order valence-electron chi connectivity index (χ2n) is 5.70. The van der Waals surface area contributed by atoms with Crippen molar-refractivity contribution < 1.29 is 4.79 Å². The molecule has 1 aromatic heterocycles. The van der Waals surface area contributed by atoms with Crippen LogP contribution in [0.2, 0.25) is 0 Å². The Labute approximate surface area is 125 Å². The highest BCUT2D eigenvalue weighted by molar-refractivity contribution is 5.81. The molecule has 0 aliphatic rings. The fraction of sp³-hybridized carbons (Fsp3) is 0.375. The second kappa shape index (κ2) is 6.54. The van der Waals surface area contributed by atoms with Crippen LogP contribution in [-0.2, 0) is 11.3 Å². The van der Waals surface area contributed by atoms with Crippen molar-refractivity contribution in [3.8, 4) is 5.69 Å². The number of aromatic nitrogens is 2. The monoisotopic (exact) mass is 286 g/mol. The summed E-state index contributed by atoms with van der Waals surface area (Å²) in [7, 11) is 1.67. The van der Waals surface area contributed by atoms with Gasteiger partial charge in [-0.25, -0.2) is 4.98 Å². The van der Waals surface area contributed by atoms with Crippen LogP contribution in [0.25, 0.3) is 5.69 Å². The Morgan fingerprint density at radius 1 is 1.29 bits per heavy atom. The van der Waals surface area contributed by atoms with Crippen LogP contribution >= 0.6 is 0 Å². The van der Waals surface area contributed by atoms with Gasteiger partial charge >= 0.3 is 0 Å². The number of nitrogens with one attached hydrogen (secondary N) is 2. The van der Waals surface area contributed by atoms with Gasteiger partial charge in [0.2, 0.25) is 5.91 Å². The highest BCUT2D eigenvalue weighted by Crippen LogP contribution is 2.14. The summed E-state index contributed by atoms with van der Waals surface area (Å²) >= 11 is 0. The van der Waals surface area contributed by atoms with Crippen LogP contribution in [0.4, 0.5) is 0 Å². The minimum Gasteiger partial charge on any atom is -0.359 e. The van der Waals surface area contributed by atoms with E-state index in [2.05, 4.69) is 39.9 Å². The van der Waals surface area contributed by atoms with Crippen molar-refractivity contribution in [1.82, 2.24) is 20.2 Å². The molecule has 0 unspecified atom stereocenters. The fourth-order valence-electron chi connectivity index (χ4n) is 2.14. The number of imidazole rings is 1. The summed E-state index contributed by atoms with van der Waals surface area (Å²) in [4.78, 5) is 15.7. The van der Waals surface area contributed by atoms with E-state index in [0.29, 0.717) is 6.54 Å². The van der Waals surface area contributed by atoms with Crippen molar-refractivity contribution in [3.05, 3.63) is 48.5 Å². The normalized spacial score (nSPS) is 11.4. The first kappa shape index (κ1) is 15.3. The van der Waals surface area contributed by atoms with Crippen LogP contribution in [0.3, 0.4) is 0 Å². The van der Waals surface area contributed by atoms with Gasteiger partial charge in [-0.2, -0.15) is 0 Å². The van der Waals surface area contributed by atoms with E-state index in [1.54, 1.807) is 19.6 Å². The predicted molar refractivity (Wildman–Crippen MR) is 83.1 cm³/mol. The van der Waals surface area contributed by atoms with Gasteiger partial charge in [-0.05, 0) is 31.5 Å². The highest BCUT2D eigenvalue weighted by Gasteiger charge is 2.25. The van der Waals surface area contributed by atoms with E-state index in [1.807, 2.05) is 24.6 Å². The van der Waals surface area contributed by atoms with Gasteiger partial charge in [0.25, 0.3) is 0 Å². The topological polar surface area (TPSA) is 59.0 Å². The first-order valence-electron chi connectivity index (χ1n) is 7.03. The molecular formula is C16H22N4O. The lowest BCUT2D eigenvalue weighted by molar-refractivity contribution is -0.128. The summed E-state index contributed by atoms with van der Waals surface area (Å²) < 4.78 is 1.96. The van der Waals surface area contributed by atoms with Gasteiger partial charge in [-0.1, -0.05) is 12.1 Å². The molecule has 1 heterocycles. The van der Waals surface area contributed by atoms with Gasteiger partial charge < -0.3 is 15.2 Å². The number of hydrogen-bond donors (Lipinski definition) is 2. The molecule has 2 N–H and O–H groups in total. The van der Waals surface area contributed by atoms with Gasteiger partial charge in [-0.15, -0.1) is 0 Å². The summed E-state index contributed by atoms with van der Waals surface area (Å²) in [6, 6.07) is 8.27. The Bertz CT molecular complexity index is 573. The van der Waals surface area contributed by atoms with Crippen molar-refractivity contribution in [2.45, 2.75) is 20.4 Å². The first-order chi connectivity index (χ1) is 10.0. The zero-order chi connectivity index (χ0) is 15.3. The molecular weight excluding hydrogens is 264 g/mol. The molecule has 0 atom stereocenters. The van der Waals surface area contributed by atoms with E-state index in [1.165, 1.54) is 5.56 Å². The third kappa shape index (κ3) is 3.92. The van der Waals surface area contributed by atoms with Crippen molar-refractivity contribution >= 4 is 5.91 Å². The Morgan fingerprint density at radius 3 is 2.57 bits per heavy atom. The lowest BCUT2D eigenvalue weighted by atomic mass is 9.92. The average Bonchev–Trinajstić information content (AvgIpc) is 3.01. The Balaban J connectivity index is 1.88. The fourth-order valence-corrected chi connectivity index (χ4v) is 2.14. The van der Waals surface area contributed by atoms with Gasteiger partial charge in [0, 0.05) is 38.2 Å². The van der Waals surface area contributed by atoms with Gasteiger partial charge in [0.05, 0.1) is 11.7 Å². The van der Waals surface area contributed by atoms with Crippen LogP contribution in [0, 0.1) is 5.41 Å². The number of benzene rings is 1. The Hall–Kier alpha value is -2.14. The average molecular weight is 286 g/mol. The second-order valence-corrected chi connectivity index (χ2v) is 5.70. The molecule has 0 fully saturated rings. The molecule has 112 valence electrons. The van der Waals surface area contributed by atoms with Crippen molar-refractivity contribution in [1.29, 1.82) is 0 Å². The van der Waals surface area contributed by atoms with Crippen LogP contribution in [0.1, 0.15) is 19.4 Å². The van der Waals surface area contributed by atoms with Crippen LogP contribution < -0.4 is 10.6 Å². The van der Waals surface area contributed by atoms with E-state index in [0.717, 1.165) is 12.2 Å². The maximum absolute atomic E-state index is 11.7. The maximum Gasteiger partial charge on any atom is 0.226 e. The first-order valence-corrected chi connectivity index (χ1v) is 7.03. The van der Waals surface area contributed by atoms with Crippen LogP contribution in [0.5, 0.6) is 0 Å². The minimum atomic E-state index is -0.411. The molecule has 21 heavy (non-hydrogen) atoms. The zero-order valence-corrected chi connectivity index (χ0v) is 12.8. The standard InChI is InChI=1S/C16H22N4O/c1-16(2,15(21)17-3)11-19-10-13-4-6-14(7-5-13)20-9-8-18-12-20/h4-9,12,19H,10-11H2,1-3H3,(H,17,21). The van der Waals surface area contributed by atoms with Gasteiger partial charge in [0.15, 0.2) is 0 Å². The lowest BCUT2D eigenvalue weighted by Crippen LogP contribution is -2.41. The highest BCUT2D eigenvalue weighted by atomic mass is 16.2. The molecule has 0 saturated heterocycles. The number of carbonyl (C=O) groups excluding carboxylic acids is 1. The predicted octanol–water partition coefficient (Wildman–Crippen LogP) is 1.73. The number of carbonyl (C=O) groups is 1. The summed E-state index contributed by atoms with van der Waals surface area (Å²) in [5, 5.41) is 6.02. The molecule has 1 amide bonds.